The van der Waals surface area contributed by atoms with Gasteiger partial charge in [0.15, 0.2) is 0 Å². The highest BCUT2D eigenvalue weighted by atomic mass is 32.1. The van der Waals surface area contributed by atoms with Crippen LogP contribution in [0.1, 0.15) is 16.3 Å². The number of anilines is 2. The smallest absolute Gasteiger partial charge is 0.0898 e. The maximum atomic E-state index is 5.75. The highest BCUT2D eigenvalue weighted by Gasteiger charge is 2.01. The van der Waals surface area contributed by atoms with Crippen LogP contribution in [-0.2, 0) is 6.54 Å². The molecule has 3 N–H and O–H groups in total. The second-order valence-corrected chi connectivity index (χ2v) is 4.85. The molecule has 0 radical (unpaired) electrons. The van der Waals surface area contributed by atoms with Gasteiger partial charge in [-0.2, -0.15) is 0 Å². The van der Waals surface area contributed by atoms with E-state index in [2.05, 4.69) is 22.6 Å². The zero-order valence-corrected chi connectivity index (χ0v) is 10.3. The van der Waals surface area contributed by atoms with E-state index in [0.717, 1.165) is 28.6 Å². The monoisotopic (exact) mass is 233 g/mol. The molecule has 2 aromatic rings. The molecule has 0 aliphatic rings. The molecule has 0 atom stereocenters. The van der Waals surface area contributed by atoms with Crippen LogP contribution in [0.3, 0.4) is 0 Å². The Morgan fingerprint density at radius 2 is 2.19 bits per heavy atom. The Bertz CT molecular complexity index is 491. The van der Waals surface area contributed by atoms with Gasteiger partial charge in [-0.25, -0.2) is 4.98 Å². The van der Waals surface area contributed by atoms with E-state index >= 15 is 0 Å². The van der Waals surface area contributed by atoms with Gasteiger partial charge in [0.1, 0.15) is 0 Å². The van der Waals surface area contributed by atoms with E-state index in [1.54, 1.807) is 11.3 Å². The van der Waals surface area contributed by atoms with E-state index in [0.29, 0.717) is 0 Å². The van der Waals surface area contributed by atoms with E-state index in [4.69, 9.17) is 5.73 Å². The highest BCUT2D eigenvalue weighted by molar-refractivity contribution is 7.09. The van der Waals surface area contributed by atoms with Gasteiger partial charge in [-0.15, -0.1) is 11.3 Å². The number of aromatic nitrogens is 1. The number of rotatable bonds is 3. The molecule has 0 fully saturated rings. The molecule has 84 valence electrons. The number of nitrogen functional groups attached to an aromatic ring is 1. The first-order valence-electron chi connectivity index (χ1n) is 5.16. The fourth-order valence-electron chi connectivity index (χ4n) is 1.51. The Labute approximate surface area is 99.3 Å². The Kier molecular flexibility index (Phi) is 3.10. The lowest BCUT2D eigenvalue weighted by atomic mass is 10.2. The van der Waals surface area contributed by atoms with Crippen molar-refractivity contribution in [1.29, 1.82) is 0 Å². The van der Waals surface area contributed by atoms with Gasteiger partial charge in [0.2, 0.25) is 0 Å². The molecule has 0 saturated carbocycles. The first kappa shape index (κ1) is 11.0. The van der Waals surface area contributed by atoms with Gasteiger partial charge in [0.05, 0.1) is 17.2 Å². The van der Waals surface area contributed by atoms with Gasteiger partial charge in [-0.05, 0) is 31.5 Å². The molecule has 0 bridgehead atoms. The number of nitrogens with one attached hydrogen (secondary N) is 1. The minimum atomic E-state index is 0.745. The third kappa shape index (κ3) is 2.52. The lowest BCUT2D eigenvalue weighted by Crippen LogP contribution is -2.02. The molecule has 1 aromatic carbocycles. The third-order valence-electron chi connectivity index (χ3n) is 2.39. The molecular weight excluding hydrogens is 218 g/mol. The molecule has 0 spiro atoms. The molecule has 1 aromatic heterocycles. The summed E-state index contributed by atoms with van der Waals surface area (Å²) in [6.07, 6.45) is 0. The normalized spacial score (nSPS) is 10.4. The zero-order chi connectivity index (χ0) is 11.5. The number of nitrogens with two attached hydrogens (primary N) is 1. The van der Waals surface area contributed by atoms with Gasteiger partial charge >= 0.3 is 0 Å². The molecule has 3 nitrogen and oxygen atoms in total. The standard InChI is InChI=1S/C12H15N3S/c1-8-3-4-10(13)5-12(8)14-6-11-7-16-9(2)15-11/h3-5,7,14H,6,13H2,1-2H3. The summed E-state index contributed by atoms with van der Waals surface area (Å²) in [4.78, 5) is 4.40. The van der Waals surface area contributed by atoms with E-state index < -0.39 is 0 Å². The zero-order valence-electron chi connectivity index (χ0n) is 9.45. The lowest BCUT2D eigenvalue weighted by molar-refractivity contribution is 1.05. The van der Waals surface area contributed by atoms with Crippen LogP contribution in [0.2, 0.25) is 0 Å². The summed E-state index contributed by atoms with van der Waals surface area (Å²) in [5.41, 5.74) is 9.87. The predicted octanol–water partition coefficient (Wildman–Crippen LogP) is 2.95. The van der Waals surface area contributed by atoms with Crippen molar-refractivity contribution in [2.75, 3.05) is 11.1 Å². The second kappa shape index (κ2) is 4.53. The van der Waals surface area contributed by atoms with E-state index in [1.807, 2.05) is 25.1 Å². The molecule has 0 aliphatic heterocycles. The number of nitrogens with zero attached hydrogens (tertiary/aromatic N) is 1. The van der Waals surface area contributed by atoms with E-state index in [1.165, 1.54) is 5.56 Å². The van der Waals surface area contributed by atoms with Crippen molar-refractivity contribution in [1.82, 2.24) is 4.98 Å². The van der Waals surface area contributed by atoms with E-state index in [-0.39, 0.29) is 0 Å². The third-order valence-corrected chi connectivity index (χ3v) is 3.21. The Balaban J connectivity index is 2.07. The summed E-state index contributed by atoms with van der Waals surface area (Å²) in [5, 5.41) is 6.52. The predicted molar refractivity (Wildman–Crippen MR) is 69.8 cm³/mol. The largest absolute Gasteiger partial charge is 0.399 e. The Hall–Kier alpha value is -1.55. The summed E-state index contributed by atoms with van der Waals surface area (Å²) in [6.45, 7) is 4.82. The number of hydrogen-bond donors (Lipinski definition) is 2. The molecule has 0 amide bonds. The van der Waals surface area contributed by atoms with Crippen LogP contribution in [-0.4, -0.2) is 4.98 Å². The summed E-state index contributed by atoms with van der Waals surface area (Å²) >= 11 is 1.67. The van der Waals surface area contributed by atoms with Crippen LogP contribution in [0.5, 0.6) is 0 Å². The topological polar surface area (TPSA) is 50.9 Å². The van der Waals surface area contributed by atoms with Crippen molar-refractivity contribution < 1.29 is 0 Å². The summed E-state index contributed by atoms with van der Waals surface area (Å²) < 4.78 is 0. The van der Waals surface area contributed by atoms with Crippen molar-refractivity contribution >= 4 is 22.7 Å². The van der Waals surface area contributed by atoms with E-state index in [9.17, 15) is 0 Å². The number of hydrogen-bond acceptors (Lipinski definition) is 4. The Morgan fingerprint density at radius 1 is 1.38 bits per heavy atom. The van der Waals surface area contributed by atoms with Crippen LogP contribution >= 0.6 is 11.3 Å². The van der Waals surface area contributed by atoms with Gasteiger partial charge in [0.25, 0.3) is 0 Å². The average molecular weight is 233 g/mol. The molecule has 0 saturated heterocycles. The first-order chi connectivity index (χ1) is 7.65. The van der Waals surface area contributed by atoms with Gasteiger partial charge in [-0.1, -0.05) is 6.07 Å². The highest BCUT2D eigenvalue weighted by Crippen LogP contribution is 2.19. The SMILES string of the molecule is Cc1nc(CNc2cc(N)ccc2C)cs1. The lowest BCUT2D eigenvalue weighted by Gasteiger charge is -2.08. The van der Waals surface area contributed by atoms with Crippen molar-refractivity contribution in [3.63, 3.8) is 0 Å². The van der Waals surface area contributed by atoms with Crippen LogP contribution in [0, 0.1) is 13.8 Å². The summed E-state index contributed by atoms with van der Waals surface area (Å²) in [5.74, 6) is 0. The fourth-order valence-corrected chi connectivity index (χ4v) is 2.12. The van der Waals surface area contributed by atoms with Crippen LogP contribution in [0.25, 0.3) is 0 Å². The minimum Gasteiger partial charge on any atom is -0.399 e. The van der Waals surface area contributed by atoms with Gasteiger partial charge in [0, 0.05) is 16.8 Å². The second-order valence-electron chi connectivity index (χ2n) is 3.79. The number of benzene rings is 1. The minimum absolute atomic E-state index is 0.745. The Morgan fingerprint density at radius 3 is 2.88 bits per heavy atom. The molecule has 1 heterocycles. The number of aryl methyl sites for hydroxylation is 2. The molecule has 2 rings (SSSR count). The van der Waals surface area contributed by atoms with Gasteiger partial charge < -0.3 is 11.1 Å². The van der Waals surface area contributed by atoms with Crippen molar-refractivity contribution in [3.05, 3.63) is 39.8 Å². The molecule has 4 heteroatoms. The fraction of sp³-hybridized carbons (Fsp3) is 0.250. The maximum Gasteiger partial charge on any atom is 0.0898 e. The van der Waals surface area contributed by atoms with Gasteiger partial charge in [-0.3, -0.25) is 0 Å². The van der Waals surface area contributed by atoms with Crippen LogP contribution in [0.4, 0.5) is 11.4 Å². The molecular formula is C12H15N3S. The van der Waals surface area contributed by atoms with Crippen LogP contribution < -0.4 is 11.1 Å². The van der Waals surface area contributed by atoms with Crippen molar-refractivity contribution in [2.24, 2.45) is 0 Å². The first-order valence-corrected chi connectivity index (χ1v) is 6.04. The average Bonchev–Trinajstić information content (AvgIpc) is 2.66. The molecule has 16 heavy (non-hydrogen) atoms. The molecule has 0 unspecified atom stereocenters. The van der Waals surface area contributed by atoms with Crippen molar-refractivity contribution in [2.45, 2.75) is 20.4 Å². The van der Waals surface area contributed by atoms with Crippen LogP contribution in [0.15, 0.2) is 23.6 Å². The molecule has 0 aliphatic carbocycles. The summed E-state index contributed by atoms with van der Waals surface area (Å²) in [6, 6.07) is 5.88. The number of thiazole rings is 1. The van der Waals surface area contributed by atoms with Crippen molar-refractivity contribution in [3.8, 4) is 0 Å². The maximum absolute atomic E-state index is 5.75. The quantitative estimate of drug-likeness (QED) is 0.801. The summed E-state index contributed by atoms with van der Waals surface area (Å²) in [7, 11) is 0.